The van der Waals surface area contributed by atoms with Crippen LogP contribution in [0.4, 0.5) is 0 Å². The van der Waals surface area contributed by atoms with Crippen molar-refractivity contribution in [2.45, 2.75) is 26.7 Å². The van der Waals surface area contributed by atoms with Crippen molar-refractivity contribution < 1.29 is 30.7 Å². The maximum Gasteiger partial charge on any atom is 2.00 e. The fourth-order valence-corrected chi connectivity index (χ4v) is 8.97. The fraction of sp³-hybridized carbons (Fsp3) is 0.0952. The molecule has 0 aliphatic carbocycles. The van der Waals surface area contributed by atoms with Crippen LogP contribution in [0.25, 0.3) is 0 Å². The van der Waals surface area contributed by atoms with Gasteiger partial charge in [-0.15, -0.1) is 0 Å². The molecule has 6 aromatic carbocycles. The number of carbonyl (C=O) groups excluding carboxylic acids is 2. The summed E-state index contributed by atoms with van der Waals surface area (Å²) < 4.78 is 0. The minimum Gasteiger partial charge on any atom is -0.542 e. The van der Waals surface area contributed by atoms with Gasteiger partial charge in [0, 0.05) is 0 Å². The van der Waals surface area contributed by atoms with Gasteiger partial charge in [-0.1, -0.05) is 196 Å². The van der Waals surface area contributed by atoms with Crippen LogP contribution in [-0.4, -0.2) is 12.6 Å². The molecule has 0 N–H and O–H groups in total. The van der Waals surface area contributed by atoms with Gasteiger partial charge in [0.15, 0.2) is 0 Å². The van der Waals surface area contributed by atoms with Crippen molar-refractivity contribution in [3.05, 3.63) is 182 Å². The summed E-state index contributed by atoms with van der Waals surface area (Å²) in [4.78, 5) is 18.1. The Balaban J connectivity index is 0.000000262. The first kappa shape index (κ1) is 39.4. The van der Waals surface area contributed by atoms with Crippen LogP contribution in [-0.2, 0) is 30.7 Å². The van der Waals surface area contributed by atoms with Crippen LogP contribution < -0.4 is 31.8 Å². The van der Waals surface area contributed by atoms with Crippen LogP contribution in [0.15, 0.2) is 182 Å². The molecule has 5 heteroatoms. The van der Waals surface area contributed by atoms with Gasteiger partial charge in [-0.3, -0.25) is 12.6 Å². The van der Waals surface area contributed by atoms with Crippen LogP contribution in [0.1, 0.15) is 26.7 Å². The average Bonchev–Trinajstić information content (AvgIpc) is 3.15. The summed E-state index contributed by atoms with van der Waals surface area (Å²) in [6.07, 6.45) is 4.39. The van der Waals surface area contributed by atoms with E-state index in [2.05, 4.69) is 182 Å². The molecule has 0 saturated carbocycles. The molecular weight excluding hydrogens is 793 g/mol. The van der Waals surface area contributed by atoms with Crippen LogP contribution in [0, 0.1) is 0 Å². The van der Waals surface area contributed by atoms with Gasteiger partial charge in [-0.2, -0.15) is 12.8 Å². The van der Waals surface area contributed by atoms with Gasteiger partial charge in [-0.05, 0) is 47.7 Å². The standard InChI is InChI=1S/2C18H15P.2C3H5O.Pt/c2*1-4-10-16(11-5-1)19(17-12-6-2-7-13-17)18-14-8-3-9-15-18;2*1-2-3-4;/h2*1-15H;2*2H2,1H3;/q;;2*-1;+2. The Morgan fingerprint density at radius 2 is 0.468 bits per heavy atom. The summed E-state index contributed by atoms with van der Waals surface area (Å²) in [6.45, 7) is 3.51. The van der Waals surface area contributed by atoms with E-state index in [0.717, 1.165) is 0 Å². The molecule has 0 amide bonds. The molecule has 0 aliphatic rings. The first-order valence-electron chi connectivity index (χ1n) is 15.3. The molecule has 0 saturated heterocycles. The van der Waals surface area contributed by atoms with Gasteiger partial charge >= 0.3 is 21.1 Å². The first-order chi connectivity index (χ1) is 22.7. The molecule has 6 rings (SSSR count). The van der Waals surface area contributed by atoms with Crippen LogP contribution in [0.5, 0.6) is 0 Å². The van der Waals surface area contributed by atoms with Gasteiger partial charge < -0.3 is 9.59 Å². The Hall–Kier alpha value is -3.79. The summed E-state index contributed by atoms with van der Waals surface area (Å²) in [7, 11) is -0.892. The molecule has 0 bridgehead atoms. The second-order valence-electron chi connectivity index (χ2n) is 9.68. The van der Waals surface area contributed by atoms with Crippen LogP contribution in [0.3, 0.4) is 0 Å². The molecular formula is C42H40O2P2Pt. The van der Waals surface area contributed by atoms with Gasteiger partial charge in [0.1, 0.15) is 0 Å². The molecule has 47 heavy (non-hydrogen) atoms. The fourth-order valence-electron chi connectivity index (χ4n) is 4.36. The molecule has 0 aliphatic heterocycles. The zero-order valence-electron chi connectivity index (χ0n) is 26.8. The SMILES string of the molecule is CC[C-]=O.CC[C-]=O.[Pt+2].c1ccc(P(c2ccccc2)c2ccccc2)cc1.c1ccc(P(c2ccccc2)c2ccccc2)cc1. The molecule has 0 fully saturated rings. The minimum absolute atomic E-state index is 0. The zero-order valence-corrected chi connectivity index (χ0v) is 30.8. The van der Waals surface area contributed by atoms with Crippen molar-refractivity contribution in [2.24, 2.45) is 0 Å². The summed E-state index contributed by atoms with van der Waals surface area (Å²) in [6, 6.07) is 64.7. The normalized spacial score (nSPS) is 9.62. The molecule has 240 valence electrons. The van der Waals surface area contributed by atoms with Crippen molar-refractivity contribution >= 4 is 60.2 Å². The Morgan fingerprint density at radius 1 is 0.340 bits per heavy atom. The van der Waals surface area contributed by atoms with Gasteiger partial charge in [0.05, 0.1) is 0 Å². The number of rotatable bonds is 8. The van der Waals surface area contributed by atoms with Crippen molar-refractivity contribution in [2.75, 3.05) is 0 Å². The minimum atomic E-state index is -0.446. The Labute approximate surface area is 298 Å². The quantitative estimate of drug-likeness (QED) is 0.116. The van der Waals surface area contributed by atoms with E-state index in [1.54, 1.807) is 26.4 Å². The predicted octanol–water partition coefficient (Wildman–Crippen LogP) is 7.90. The topological polar surface area (TPSA) is 34.1 Å². The molecule has 0 aromatic heterocycles. The molecule has 0 spiro atoms. The molecule has 0 heterocycles. The maximum absolute atomic E-state index is 9.05. The Bertz CT molecular complexity index is 1310. The Kier molecular flexibility index (Phi) is 20.4. The second kappa shape index (κ2) is 24.4. The third-order valence-electron chi connectivity index (χ3n) is 6.38. The van der Waals surface area contributed by atoms with E-state index in [4.69, 9.17) is 9.59 Å². The van der Waals surface area contributed by atoms with E-state index in [1.807, 2.05) is 0 Å². The van der Waals surface area contributed by atoms with E-state index in [9.17, 15) is 0 Å². The number of benzene rings is 6. The van der Waals surface area contributed by atoms with Crippen LogP contribution in [0.2, 0.25) is 0 Å². The summed E-state index contributed by atoms with van der Waals surface area (Å²) in [5, 5.41) is 8.39. The number of hydrogen-bond acceptors (Lipinski definition) is 2. The first-order valence-corrected chi connectivity index (χ1v) is 18.0. The van der Waals surface area contributed by atoms with E-state index in [0.29, 0.717) is 12.8 Å². The third-order valence-corrected chi connectivity index (χ3v) is 11.3. The van der Waals surface area contributed by atoms with Gasteiger partial charge in [0.2, 0.25) is 0 Å². The largest absolute Gasteiger partial charge is 2.00 e. The molecule has 2 nitrogen and oxygen atoms in total. The molecule has 0 atom stereocenters. The third kappa shape index (κ3) is 13.8. The van der Waals surface area contributed by atoms with Crippen molar-refractivity contribution in [1.82, 2.24) is 0 Å². The van der Waals surface area contributed by atoms with Gasteiger partial charge in [-0.25, -0.2) is 0 Å². The van der Waals surface area contributed by atoms with E-state index >= 15 is 0 Å². The van der Waals surface area contributed by atoms with E-state index < -0.39 is 15.8 Å². The summed E-state index contributed by atoms with van der Waals surface area (Å²) in [5.41, 5.74) is 0. The van der Waals surface area contributed by atoms with E-state index in [1.165, 1.54) is 31.8 Å². The number of hydrogen-bond donors (Lipinski definition) is 0. The second-order valence-corrected chi connectivity index (χ2v) is 14.1. The molecule has 0 radical (unpaired) electrons. The molecule has 6 aromatic rings. The molecule has 0 unspecified atom stereocenters. The zero-order chi connectivity index (χ0) is 32.7. The summed E-state index contributed by atoms with van der Waals surface area (Å²) in [5.74, 6) is 0. The predicted molar refractivity (Wildman–Crippen MR) is 202 cm³/mol. The van der Waals surface area contributed by atoms with Crippen molar-refractivity contribution in [1.29, 1.82) is 0 Å². The monoisotopic (exact) mass is 833 g/mol. The maximum atomic E-state index is 9.05. The van der Waals surface area contributed by atoms with Crippen molar-refractivity contribution in [3.63, 3.8) is 0 Å². The van der Waals surface area contributed by atoms with Gasteiger partial charge in [0.25, 0.3) is 0 Å². The van der Waals surface area contributed by atoms with E-state index in [-0.39, 0.29) is 21.1 Å². The van der Waals surface area contributed by atoms with Crippen molar-refractivity contribution in [3.8, 4) is 0 Å². The Morgan fingerprint density at radius 3 is 0.574 bits per heavy atom. The summed E-state index contributed by atoms with van der Waals surface area (Å²) >= 11 is 0. The van der Waals surface area contributed by atoms with Crippen LogP contribution >= 0.6 is 15.8 Å². The smallest absolute Gasteiger partial charge is 0.542 e. The average molecular weight is 834 g/mol.